The predicted molar refractivity (Wildman–Crippen MR) is 175 cm³/mol. The number of carbonyl (C=O) groups is 1. The van der Waals surface area contributed by atoms with Crippen LogP contribution >= 0.6 is 15.9 Å². The maximum absolute atomic E-state index is 13.1. The molecule has 1 atom stereocenters. The molecule has 3 heterocycles. The highest BCUT2D eigenvalue weighted by Gasteiger charge is 2.22. The van der Waals surface area contributed by atoms with Crippen molar-refractivity contribution in [3.63, 3.8) is 0 Å². The van der Waals surface area contributed by atoms with Crippen LogP contribution in [-0.2, 0) is 4.79 Å². The normalized spacial score (nSPS) is 17.2. The minimum absolute atomic E-state index is 0.00373. The van der Waals surface area contributed by atoms with E-state index in [0.717, 1.165) is 59.5 Å². The van der Waals surface area contributed by atoms with Crippen LogP contribution in [-0.4, -0.2) is 96.6 Å². The molecule has 43 heavy (non-hydrogen) atoms. The summed E-state index contributed by atoms with van der Waals surface area (Å²) in [5.74, 6) is 2.41. The van der Waals surface area contributed by atoms with E-state index < -0.39 is 0 Å². The molecule has 9 nitrogen and oxygen atoms in total. The fraction of sp³-hybridized carbons (Fsp3) is 0.545. The van der Waals surface area contributed by atoms with Gasteiger partial charge in [0.25, 0.3) is 5.91 Å². The van der Waals surface area contributed by atoms with Crippen molar-refractivity contribution < 1.29 is 14.3 Å². The van der Waals surface area contributed by atoms with Gasteiger partial charge in [-0.2, -0.15) is 0 Å². The second kappa shape index (κ2) is 15.2. The number of fused-ring (bicyclic) bond motifs is 1. The van der Waals surface area contributed by atoms with Gasteiger partial charge in [0.15, 0.2) is 18.1 Å². The molecule has 0 radical (unpaired) electrons. The van der Waals surface area contributed by atoms with Gasteiger partial charge in [0, 0.05) is 42.1 Å². The molecule has 2 fully saturated rings. The minimum atomic E-state index is -0.0349. The van der Waals surface area contributed by atoms with Crippen molar-refractivity contribution in [2.24, 2.45) is 0 Å². The van der Waals surface area contributed by atoms with Gasteiger partial charge in [0.1, 0.15) is 11.6 Å². The number of nitrogens with zero attached hydrogens (tertiary/aromatic N) is 5. The molecule has 1 N–H and O–H groups in total. The summed E-state index contributed by atoms with van der Waals surface area (Å²) in [6, 6.07) is 12.0. The van der Waals surface area contributed by atoms with E-state index in [0.29, 0.717) is 17.3 Å². The molecule has 2 aliphatic heterocycles. The summed E-state index contributed by atoms with van der Waals surface area (Å²) >= 11 is 3.56. The third kappa shape index (κ3) is 8.58. The van der Waals surface area contributed by atoms with E-state index in [2.05, 4.69) is 60.1 Å². The Morgan fingerprint density at radius 3 is 2.37 bits per heavy atom. The molecule has 0 bridgehead atoms. The summed E-state index contributed by atoms with van der Waals surface area (Å²) < 4.78 is 12.7. The summed E-state index contributed by atoms with van der Waals surface area (Å²) in [6.07, 6.45) is 6.58. The van der Waals surface area contributed by atoms with Crippen LogP contribution in [0.3, 0.4) is 0 Å². The van der Waals surface area contributed by atoms with Crippen molar-refractivity contribution >= 4 is 38.6 Å². The molecule has 1 amide bonds. The highest BCUT2D eigenvalue weighted by atomic mass is 79.9. The molecule has 0 saturated carbocycles. The van der Waals surface area contributed by atoms with E-state index in [4.69, 9.17) is 9.47 Å². The largest absolute Gasteiger partial charge is 0.493 e. The van der Waals surface area contributed by atoms with Crippen LogP contribution in [0.2, 0.25) is 0 Å². The molecule has 1 aromatic heterocycles. The third-order valence-electron chi connectivity index (χ3n) is 8.52. The van der Waals surface area contributed by atoms with Crippen LogP contribution in [0, 0.1) is 6.92 Å². The number of benzene rings is 2. The smallest absolute Gasteiger partial charge is 0.260 e. The minimum Gasteiger partial charge on any atom is -0.493 e. The lowest BCUT2D eigenvalue weighted by atomic mass is 10.1. The van der Waals surface area contributed by atoms with Gasteiger partial charge in [-0.3, -0.25) is 9.69 Å². The number of piperidine rings is 1. The lowest BCUT2D eigenvalue weighted by Gasteiger charge is -2.35. The first-order valence-electron chi connectivity index (χ1n) is 15.6. The summed E-state index contributed by atoms with van der Waals surface area (Å²) in [4.78, 5) is 29.4. The Balaban J connectivity index is 1.14. The number of carbonyl (C=O) groups excluding carboxylic acids is 1. The zero-order valence-electron chi connectivity index (χ0n) is 25.8. The van der Waals surface area contributed by atoms with Gasteiger partial charge < -0.3 is 24.6 Å². The molecule has 2 aromatic carbocycles. The number of nitrogens with one attached hydrogen (secondary N) is 1. The van der Waals surface area contributed by atoms with Crippen molar-refractivity contribution in [3.8, 4) is 11.5 Å². The molecule has 10 heteroatoms. The van der Waals surface area contributed by atoms with Gasteiger partial charge >= 0.3 is 0 Å². The number of rotatable bonds is 12. The van der Waals surface area contributed by atoms with E-state index in [1.165, 1.54) is 51.7 Å². The van der Waals surface area contributed by atoms with Crippen molar-refractivity contribution in [1.82, 2.24) is 24.7 Å². The maximum Gasteiger partial charge on any atom is 0.260 e. The number of amides is 1. The zero-order chi connectivity index (χ0) is 30.2. The first kappa shape index (κ1) is 31.5. The van der Waals surface area contributed by atoms with Crippen LogP contribution < -0.4 is 14.8 Å². The van der Waals surface area contributed by atoms with Crippen LogP contribution in [0.4, 0.5) is 5.82 Å². The van der Waals surface area contributed by atoms with Crippen molar-refractivity contribution in [2.45, 2.75) is 52.0 Å². The summed E-state index contributed by atoms with van der Waals surface area (Å²) in [6.45, 7) is 12.1. The van der Waals surface area contributed by atoms with Gasteiger partial charge in [-0.1, -0.05) is 34.5 Å². The van der Waals surface area contributed by atoms with E-state index >= 15 is 0 Å². The second-order valence-corrected chi connectivity index (χ2v) is 12.6. The van der Waals surface area contributed by atoms with Gasteiger partial charge in [-0.25, -0.2) is 9.97 Å². The molecule has 0 unspecified atom stereocenters. The number of aryl methyl sites for hydroxylation is 1. The molecule has 232 valence electrons. The molecule has 0 aliphatic carbocycles. The fourth-order valence-electron chi connectivity index (χ4n) is 6.00. The Bertz CT molecular complexity index is 1370. The highest BCUT2D eigenvalue weighted by molar-refractivity contribution is 9.10. The lowest BCUT2D eigenvalue weighted by Crippen LogP contribution is -2.50. The average Bonchev–Trinajstić information content (AvgIpc) is 3.02. The second-order valence-electron chi connectivity index (χ2n) is 11.7. The van der Waals surface area contributed by atoms with E-state index in [9.17, 15) is 4.79 Å². The number of likely N-dealkylation sites (tertiary alicyclic amines) is 1. The quantitative estimate of drug-likeness (QED) is 0.251. The SMILES string of the molecule is COc1cc2c(N[C@H](C)c3cccc(Br)c3)nc(C)nc2cc1OCC(=O)N1CCN(CCCCN2CCCCC2)CC1. The molecular formula is C33H45BrN6O3. The Labute approximate surface area is 264 Å². The van der Waals surface area contributed by atoms with Crippen molar-refractivity contribution in [2.75, 3.05) is 71.4 Å². The van der Waals surface area contributed by atoms with Gasteiger partial charge in [-0.15, -0.1) is 0 Å². The first-order chi connectivity index (χ1) is 20.9. The van der Waals surface area contributed by atoms with Crippen molar-refractivity contribution in [3.05, 3.63) is 52.3 Å². The zero-order valence-corrected chi connectivity index (χ0v) is 27.4. The number of hydrogen-bond acceptors (Lipinski definition) is 8. The van der Waals surface area contributed by atoms with Crippen molar-refractivity contribution in [1.29, 1.82) is 0 Å². The number of ether oxygens (including phenoxy) is 2. The van der Waals surface area contributed by atoms with E-state index in [-0.39, 0.29) is 18.6 Å². The lowest BCUT2D eigenvalue weighted by molar-refractivity contribution is -0.135. The number of unbranched alkanes of at least 4 members (excludes halogenated alkanes) is 1. The number of aromatic nitrogens is 2. The summed E-state index contributed by atoms with van der Waals surface area (Å²) in [5, 5.41) is 4.36. The number of anilines is 1. The molecule has 3 aromatic rings. The molecule has 0 spiro atoms. The summed E-state index contributed by atoms with van der Waals surface area (Å²) in [5.41, 5.74) is 1.87. The molecule has 2 aliphatic rings. The van der Waals surface area contributed by atoms with Crippen LogP contribution in [0.1, 0.15) is 56.5 Å². The highest BCUT2D eigenvalue weighted by Crippen LogP contribution is 2.35. The fourth-order valence-corrected chi connectivity index (χ4v) is 6.42. The molecular weight excluding hydrogens is 608 g/mol. The molecule has 5 rings (SSSR count). The van der Waals surface area contributed by atoms with Gasteiger partial charge in [0.05, 0.1) is 18.7 Å². The number of piperazine rings is 1. The topological polar surface area (TPSA) is 83.1 Å². The Hall–Kier alpha value is -2.95. The Kier molecular flexibility index (Phi) is 11.1. The number of methoxy groups -OCH3 is 1. The monoisotopic (exact) mass is 652 g/mol. The Morgan fingerprint density at radius 2 is 1.67 bits per heavy atom. The number of halogens is 1. The van der Waals surface area contributed by atoms with E-state index in [1.807, 2.05) is 36.1 Å². The maximum atomic E-state index is 13.1. The van der Waals surface area contributed by atoms with Crippen LogP contribution in [0.25, 0.3) is 10.9 Å². The first-order valence-corrected chi connectivity index (χ1v) is 16.4. The standard InChI is InChI=1S/C33H45BrN6O3/c1-24(26-10-9-11-27(34)20-26)35-33-28-21-30(42-3)31(22-29(28)36-25(2)37-33)43-23-32(41)40-18-16-39(17-19-40)15-8-7-14-38-12-5-4-6-13-38/h9-11,20-22,24H,4-8,12-19,23H2,1-3H3,(H,35,36,37)/t24-/m1/s1. The van der Waals surface area contributed by atoms with Gasteiger partial charge in [0.2, 0.25) is 0 Å². The average molecular weight is 654 g/mol. The molecule has 2 saturated heterocycles. The Morgan fingerprint density at radius 1 is 0.953 bits per heavy atom. The predicted octanol–water partition coefficient (Wildman–Crippen LogP) is 5.67. The van der Waals surface area contributed by atoms with Gasteiger partial charge in [-0.05, 0) is 89.5 Å². The number of hydrogen-bond donors (Lipinski definition) is 1. The van der Waals surface area contributed by atoms with Crippen LogP contribution in [0.5, 0.6) is 11.5 Å². The van der Waals surface area contributed by atoms with E-state index in [1.54, 1.807) is 7.11 Å². The van der Waals surface area contributed by atoms with Crippen LogP contribution in [0.15, 0.2) is 40.9 Å². The summed E-state index contributed by atoms with van der Waals surface area (Å²) in [7, 11) is 1.61. The third-order valence-corrected chi connectivity index (χ3v) is 9.01.